The van der Waals surface area contributed by atoms with Crippen LogP contribution >= 0.6 is 11.3 Å². The zero-order valence-electron chi connectivity index (χ0n) is 18.1. The number of aromatic amines is 1. The quantitative estimate of drug-likeness (QED) is 0.390. The summed E-state index contributed by atoms with van der Waals surface area (Å²) in [6.07, 6.45) is 2.31. The van der Waals surface area contributed by atoms with Crippen LogP contribution in [-0.4, -0.2) is 55.8 Å². The van der Waals surface area contributed by atoms with Crippen LogP contribution in [0.5, 0.6) is 0 Å². The van der Waals surface area contributed by atoms with Crippen molar-refractivity contribution in [2.45, 2.75) is 19.4 Å². The Bertz CT molecular complexity index is 1500. The van der Waals surface area contributed by atoms with Gasteiger partial charge in [-0.05, 0) is 36.3 Å². The van der Waals surface area contributed by atoms with Crippen LogP contribution in [0, 0.1) is 5.92 Å². The van der Waals surface area contributed by atoms with Gasteiger partial charge in [0.25, 0.3) is 11.8 Å². The third-order valence-electron chi connectivity index (χ3n) is 6.70. The van der Waals surface area contributed by atoms with Crippen LogP contribution < -0.4 is 5.32 Å². The second-order valence-corrected chi connectivity index (χ2v) is 9.58. The first kappa shape index (κ1) is 20.7. The van der Waals surface area contributed by atoms with Crippen LogP contribution in [0.3, 0.4) is 0 Å². The number of piperidine rings is 1. The highest BCUT2D eigenvalue weighted by Crippen LogP contribution is 2.39. The highest BCUT2D eigenvalue weighted by atomic mass is 32.1. The lowest BCUT2D eigenvalue weighted by molar-refractivity contribution is -0.122. The van der Waals surface area contributed by atoms with Gasteiger partial charge in [0.15, 0.2) is 0 Å². The van der Waals surface area contributed by atoms with Crippen molar-refractivity contribution in [1.82, 2.24) is 25.0 Å². The van der Waals surface area contributed by atoms with Crippen molar-refractivity contribution in [3.8, 4) is 0 Å². The summed E-state index contributed by atoms with van der Waals surface area (Å²) in [4.78, 5) is 43.0. The van der Waals surface area contributed by atoms with E-state index in [0.29, 0.717) is 54.9 Å². The minimum atomic E-state index is -0.897. The molecule has 172 valence electrons. The van der Waals surface area contributed by atoms with Crippen molar-refractivity contribution < 1.29 is 19.5 Å². The molecule has 34 heavy (non-hydrogen) atoms. The summed E-state index contributed by atoms with van der Waals surface area (Å²) >= 11 is 1.54. The number of H-pyrrole nitrogens is 1. The number of likely N-dealkylation sites (tertiary alicyclic amines) is 1. The number of carboxylic acid groups (broad SMARTS) is 1. The van der Waals surface area contributed by atoms with E-state index in [2.05, 4.69) is 10.3 Å². The first-order valence-corrected chi connectivity index (χ1v) is 12.0. The van der Waals surface area contributed by atoms with Crippen molar-refractivity contribution in [1.29, 1.82) is 0 Å². The Morgan fingerprint density at radius 1 is 1.09 bits per heavy atom. The van der Waals surface area contributed by atoms with E-state index in [4.69, 9.17) is 5.10 Å². The van der Waals surface area contributed by atoms with Gasteiger partial charge in [0, 0.05) is 42.2 Å². The van der Waals surface area contributed by atoms with Gasteiger partial charge in [0.05, 0.1) is 22.4 Å². The molecule has 0 aliphatic carbocycles. The predicted octanol–water partition coefficient (Wildman–Crippen LogP) is 3.54. The Hall–Kier alpha value is -3.92. The van der Waals surface area contributed by atoms with Crippen LogP contribution in [0.15, 0.2) is 41.9 Å². The van der Waals surface area contributed by atoms with Gasteiger partial charge in [0.2, 0.25) is 0 Å². The summed E-state index contributed by atoms with van der Waals surface area (Å²) in [5.41, 5.74) is 2.74. The first-order chi connectivity index (χ1) is 16.5. The van der Waals surface area contributed by atoms with Gasteiger partial charge in [-0.1, -0.05) is 18.2 Å². The topological polar surface area (TPSA) is 120 Å². The summed E-state index contributed by atoms with van der Waals surface area (Å²) < 4.78 is 1.83. The van der Waals surface area contributed by atoms with E-state index in [1.54, 1.807) is 17.5 Å². The zero-order chi connectivity index (χ0) is 23.4. The van der Waals surface area contributed by atoms with Crippen LogP contribution in [0.25, 0.3) is 32.3 Å². The summed E-state index contributed by atoms with van der Waals surface area (Å²) in [5, 5.41) is 20.2. The predicted molar refractivity (Wildman–Crippen MR) is 128 cm³/mol. The molecule has 3 aromatic heterocycles. The third-order valence-corrected chi connectivity index (χ3v) is 7.55. The average Bonchev–Trinajstić information content (AvgIpc) is 3.57. The van der Waals surface area contributed by atoms with Crippen LogP contribution in [0.4, 0.5) is 4.79 Å². The number of benzene rings is 1. The Morgan fingerprint density at radius 2 is 1.85 bits per heavy atom. The van der Waals surface area contributed by atoms with Gasteiger partial charge in [-0.2, -0.15) is 5.10 Å². The van der Waals surface area contributed by atoms with E-state index in [9.17, 15) is 19.5 Å². The number of hydrogen-bond acceptors (Lipinski definition) is 5. The standard InChI is InChI=1S/C24H21N5O4S/c30-21-18(16-11-25-23-14(16)7-10-34-23)19(22(31)26-21)20-15-3-1-2-4-17(15)27-29(20)12-13-5-8-28(9-6-13)24(32)33/h1-4,7,10-11,13,25H,5-6,8-9,12H2,(H,32,33)(H,26,30,31). The minimum absolute atomic E-state index is 0.212. The molecule has 1 saturated heterocycles. The Balaban J connectivity index is 1.49. The lowest BCUT2D eigenvalue weighted by Crippen LogP contribution is -2.38. The van der Waals surface area contributed by atoms with E-state index >= 15 is 0 Å². The van der Waals surface area contributed by atoms with E-state index < -0.39 is 17.9 Å². The number of carbonyl (C=O) groups is 3. The number of imide groups is 1. The molecule has 0 bridgehead atoms. The Kier molecular flexibility index (Phi) is 4.77. The SMILES string of the molecule is O=C1NC(=O)C(c2c3ccccc3nn2CC2CCN(C(=O)O)CC2)=C1c1c[nH]c2sccc12. The molecular weight excluding hydrogens is 454 g/mol. The molecule has 3 N–H and O–H groups in total. The second-order valence-electron chi connectivity index (χ2n) is 8.66. The zero-order valence-corrected chi connectivity index (χ0v) is 18.9. The number of fused-ring (bicyclic) bond motifs is 2. The molecule has 0 unspecified atom stereocenters. The maximum Gasteiger partial charge on any atom is 0.407 e. The monoisotopic (exact) mass is 475 g/mol. The van der Waals surface area contributed by atoms with Crippen molar-refractivity contribution in [3.05, 3.63) is 53.2 Å². The van der Waals surface area contributed by atoms with Crippen molar-refractivity contribution >= 4 is 61.5 Å². The Labute approximate surface area is 197 Å². The number of rotatable bonds is 4. The van der Waals surface area contributed by atoms with Gasteiger partial charge in [0.1, 0.15) is 4.83 Å². The Morgan fingerprint density at radius 3 is 2.65 bits per heavy atom. The summed E-state index contributed by atoms with van der Waals surface area (Å²) in [7, 11) is 0. The number of nitrogens with zero attached hydrogens (tertiary/aromatic N) is 3. The van der Waals surface area contributed by atoms with E-state index in [1.807, 2.05) is 40.4 Å². The minimum Gasteiger partial charge on any atom is -0.465 e. The van der Waals surface area contributed by atoms with Crippen molar-refractivity contribution in [2.75, 3.05) is 13.1 Å². The molecule has 2 aliphatic heterocycles. The van der Waals surface area contributed by atoms with Crippen LogP contribution in [-0.2, 0) is 16.1 Å². The fourth-order valence-electron chi connectivity index (χ4n) is 5.02. The first-order valence-electron chi connectivity index (χ1n) is 11.1. The molecule has 1 fully saturated rings. The highest BCUT2D eigenvalue weighted by Gasteiger charge is 2.37. The summed E-state index contributed by atoms with van der Waals surface area (Å²) in [6, 6.07) is 9.54. The molecule has 3 amide bonds. The fraction of sp³-hybridized carbons (Fsp3) is 0.250. The number of amides is 3. The van der Waals surface area contributed by atoms with Gasteiger partial charge >= 0.3 is 6.09 Å². The molecule has 2 aliphatic rings. The molecule has 6 rings (SSSR count). The van der Waals surface area contributed by atoms with E-state index in [1.165, 1.54) is 4.90 Å². The number of hydrogen-bond donors (Lipinski definition) is 3. The fourth-order valence-corrected chi connectivity index (χ4v) is 5.79. The second kappa shape index (κ2) is 7.84. The van der Waals surface area contributed by atoms with Gasteiger partial charge < -0.3 is 15.0 Å². The third kappa shape index (κ3) is 3.21. The van der Waals surface area contributed by atoms with Crippen molar-refractivity contribution in [2.24, 2.45) is 5.92 Å². The molecule has 5 heterocycles. The molecular formula is C24H21N5O4S. The molecule has 4 aromatic rings. The summed E-state index contributed by atoms with van der Waals surface area (Å²) in [6.45, 7) is 1.49. The van der Waals surface area contributed by atoms with E-state index in [-0.39, 0.29) is 5.92 Å². The normalized spacial score (nSPS) is 17.4. The van der Waals surface area contributed by atoms with Gasteiger partial charge in [-0.25, -0.2) is 4.79 Å². The number of thiophene rings is 1. The molecule has 0 atom stereocenters. The van der Waals surface area contributed by atoms with Crippen molar-refractivity contribution in [3.63, 3.8) is 0 Å². The van der Waals surface area contributed by atoms with Crippen LogP contribution in [0.2, 0.25) is 0 Å². The molecule has 0 radical (unpaired) electrons. The number of nitrogens with one attached hydrogen (secondary N) is 2. The van der Waals surface area contributed by atoms with Gasteiger partial charge in [-0.3, -0.25) is 19.6 Å². The maximum absolute atomic E-state index is 13.2. The number of aromatic nitrogens is 3. The maximum atomic E-state index is 13.2. The number of carbonyl (C=O) groups excluding carboxylic acids is 2. The largest absolute Gasteiger partial charge is 0.465 e. The molecule has 0 spiro atoms. The molecule has 9 nitrogen and oxygen atoms in total. The lowest BCUT2D eigenvalue weighted by atomic mass is 9.95. The summed E-state index contributed by atoms with van der Waals surface area (Å²) in [5.74, 6) is -0.639. The highest BCUT2D eigenvalue weighted by molar-refractivity contribution is 7.16. The molecule has 0 saturated carbocycles. The smallest absolute Gasteiger partial charge is 0.407 e. The van der Waals surface area contributed by atoms with Gasteiger partial charge in [-0.15, -0.1) is 11.3 Å². The van der Waals surface area contributed by atoms with Crippen LogP contribution in [0.1, 0.15) is 24.1 Å². The average molecular weight is 476 g/mol. The van der Waals surface area contributed by atoms with E-state index in [0.717, 1.165) is 21.1 Å². The lowest BCUT2D eigenvalue weighted by Gasteiger charge is -2.30. The molecule has 1 aromatic carbocycles. The molecule has 10 heteroatoms.